The third kappa shape index (κ3) is 9.48. The first-order chi connectivity index (χ1) is 17.2. The molecular weight excluding hydrogens is 436 g/mol. The first-order valence-electron chi connectivity index (χ1n) is 12.8. The minimum atomic E-state index is -0.161. The Balaban J connectivity index is 1.71. The van der Waals surface area contributed by atoms with Crippen LogP contribution < -0.4 is 9.47 Å². The van der Waals surface area contributed by atoms with E-state index in [2.05, 4.69) is 31.2 Å². The van der Waals surface area contributed by atoms with Gasteiger partial charge in [0.25, 0.3) is 0 Å². The molecule has 0 aromatic heterocycles. The molecule has 3 aromatic rings. The molecule has 1 unspecified atom stereocenters. The molecule has 186 valence electrons. The van der Waals surface area contributed by atoms with E-state index in [0.717, 1.165) is 49.2 Å². The highest BCUT2D eigenvalue weighted by molar-refractivity contribution is 5.72. The van der Waals surface area contributed by atoms with Crippen molar-refractivity contribution in [1.29, 1.82) is 0 Å². The average Bonchev–Trinajstić information content (AvgIpc) is 2.88. The molecule has 0 bridgehead atoms. The third-order valence-corrected chi connectivity index (χ3v) is 5.95. The van der Waals surface area contributed by atoms with Crippen molar-refractivity contribution >= 4 is 5.97 Å². The van der Waals surface area contributed by atoms with Crippen LogP contribution in [0.15, 0.2) is 78.9 Å². The summed E-state index contributed by atoms with van der Waals surface area (Å²) < 4.78 is 17.6. The fourth-order valence-electron chi connectivity index (χ4n) is 4.08. The minimum absolute atomic E-state index is 0.122. The van der Waals surface area contributed by atoms with Crippen LogP contribution in [-0.4, -0.2) is 25.8 Å². The highest BCUT2D eigenvalue weighted by Crippen LogP contribution is 2.27. The normalized spacial score (nSPS) is 11.6. The van der Waals surface area contributed by atoms with Crippen molar-refractivity contribution in [2.75, 3.05) is 19.8 Å². The number of esters is 1. The molecule has 4 nitrogen and oxygen atoms in total. The molecule has 0 aliphatic heterocycles. The highest BCUT2D eigenvalue weighted by Gasteiger charge is 2.20. The van der Waals surface area contributed by atoms with Crippen LogP contribution in [0.4, 0.5) is 0 Å². The molecule has 0 saturated heterocycles. The van der Waals surface area contributed by atoms with Crippen LogP contribution >= 0.6 is 0 Å². The van der Waals surface area contributed by atoms with Gasteiger partial charge in [0.2, 0.25) is 0 Å². The van der Waals surface area contributed by atoms with Gasteiger partial charge in [-0.15, -0.1) is 0 Å². The van der Waals surface area contributed by atoms with Crippen LogP contribution in [0.5, 0.6) is 11.5 Å². The maximum absolute atomic E-state index is 12.6. The number of rotatable bonds is 15. The maximum atomic E-state index is 12.6. The fourth-order valence-corrected chi connectivity index (χ4v) is 4.08. The van der Waals surface area contributed by atoms with Crippen LogP contribution in [0, 0.1) is 5.92 Å². The number of hydrogen-bond acceptors (Lipinski definition) is 4. The van der Waals surface area contributed by atoms with Gasteiger partial charge in [-0.2, -0.15) is 0 Å². The Morgan fingerprint density at radius 3 is 1.77 bits per heavy atom. The number of carbonyl (C=O) groups is 1. The Morgan fingerprint density at radius 2 is 1.29 bits per heavy atom. The summed E-state index contributed by atoms with van der Waals surface area (Å²) in [5.74, 6) is 1.26. The Labute approximate surface area is 210 Å². The van der Waals surface area contributed by atoms with E-state index in [9.17, 15) is 4.79 Å². The summed E-state index contributed by atoms with van der Waals surface area (Å²) in [6.45, 7) is 5.55. The topological polar surface area (TPSA) is 44.8 Å². The molecule has 3 aromatic carbocycles. The van der Waals surface area contributed by atoms with E-state index < -0.39 is 0 Å². The molecule has 0 aliphatic carbocycles. The molecule has 3 rings (SSSR count). The number of ether oxygens (including phenoxy) is 3. The van der Waals surface area contributed by atoms with E-state index in [1.54, 1.807) is 0 Å². The Kier molecular flexibility index (Phi) is 11.2. The molecule has 0 saturated carbocycles. The van der Waals surface area contributed by atoms with Gasteiger partial charge in [0.15, 0.2) is 0 Å². The van der Waals surface area contributed by atoms with E-state index >= 15 is 0 Å². The zero-order chi connectivity index (χ0) is 24.7. The second kappa shape index (κ2) is 14.9. The zero-order valence-corrected chi connectivity index (χ0v) is 21.1. The van der Waals surface area contributed by atoms with Crippen LogP contribution in [0.25, 0.3) is 0 Å². The van der Waals surface area contributed by atoms with Crippen molar-refractivity contribution in [3.8, 4) is 11.5 Å². The van der Waals surface area contributed by atoms with Gasteiger partial charge in [-0.1, -0.05) is 80.4 Å². The molecule has 1 atom stereocenters. The van der Waals surface area contributed by atoms with Crippen LogP contribution in [0.2, 0.25) is 0 Å². The summed E-state index contributed by atoms with van der Waals surface area (Å²) in [6, 6.07) is 26.7. The molecule has 0 spiro atoms. The lowest BCUT2D eigenvalue weighted by atomic mass is 9.94. The summed E-state index contributed by atoms with van der Waals surface area (Å²) in [4.78, 5) is 12.6. The van der Waals surface area contributed by atoms with Gasteiger partial charge in [0, 0.05) is 18.9 Å². The third-order valence-electron chi connectivity index (χ3n) is 5.95. The highest BCUT2D eigenvalue weighted by atomic mass is 16.5. The van der Waals surface area contributed by atoms with Crippen molar-refractivity contribution in [2.45, 2.75) is 52.4 Å². The van der Waals surface area contributed by atoms with E-state index in [4.69, 9.17) is 14.2 Å². The summed E-state index contributed by atoms with van der Waals surface area (Å²) in [7, 11) is 0. The summed E-state index contributed by atoms with van der Waals surface area (Å²) in [5, 5.41) is 0. The fraction of sp³-hybridized carbons (Fsp3) is 0.387. The molecule has 0 N–H and O–H groups in total. The van der Waals surface area contributed by atoms with E-state index in [1.807, 2.05) is 61.5 Å². The standard InChI is InChI=1S/C31H38O4/c1-3-5-16-28(31(32)33-4-2)21-27-22-29(34-19-17-25-12-8-6-9-13-25)24-30(23-27)35-20-18-26-14-10-7-11-15-26/h6-15,22-24,28H,3-5,16-21H2,1-2H3. The van der Waals surface area contributed by atoms with Gasteiger partial charge < -0.3 is 14.2 Å². The van der Waals surface area contributed by atoms with Crippen molar-refractivity contribution < 1.29 is 19.0 Å². The zero-order valence-electron chi connectivity index (χ0n) is 21.1. The number of unbranched alkanes of at least 4 members (excludes halogenated alkanes) is 1. The van der Waals surface area contributed by atoms with Gasteiger partial charge in [-0.3, -0.25) is 4.79 Å². The number of benzene rings is 3. The predicted octanol–water partition coefficient (Wildman–Crippen LogP) is 6.84. The van der Waals surface area contributed by atoms with Crippen molar-refractivity contribution in [3.63, 3.8) is 0 Å². The molecule has 35 heavy (non-hydrogen) atoms. The Bertz CT molecular complexity index is 937. The molecule has 0 aliphatic rings. The minimum Gasteiger partial charge on any atom is -0.493 e. The summed E-state index contributed by atoms with van der Waals surface area (Å²) in [5.41, 5.74) is 3.51. The van der Waals surface area contributed by atoms with Gasteiger partial charge in [-0.05, 0) is 48.6 Å². The van der Waals surface area contributed by atoms with Gasteiger partial charge in [0.05, 0.1) is 25.7 Å². The van der Waals surface area contributed by atoms with Crippen LogP contribution in [0.3, 0.4) is 0 Å². The SMILES string of the molecule is CCCCC(Cc1cc(OCCc2ccccc2)cc(OCCc2ccccc2)c1)C(=O)OCC. The van der Waals surface area contributed by atoms with E-state index in [0.29, 0.717) is 26.2 Å². The van der Waals surface area contributed by atoms with Crippen molar-refractivity contribution in [3.05, 3.63) is 95.6 Å². The molecule has 0 radical (unpaired) electrons. The van der Waals surface area contributed by atoms with E-state index in [1.165, 1.54) is 11.1 Å². The lowest BCUT2D eigenvalue weighted by molar-refractivity contribution is -0.148. The molecular formula is C31H38O4. The van der Waals surface area contributed by atoms with Gasteiger partial charge >= 0.3 is 5.97 Å². The first kappa shape index (κ1) is 26.3. The van der Waals surface area contributed by atoms with Crippen LogP contribution in [0.1, 0.15) is 49.8 Å². The number of carbonyl (C=O) groups excluding carboxylic acids is 1. The maximum Gasteiger partial charge on any atom is 0.309 e. The first-order valence-corrected chi connectivity index (χ1v) is 12.8. The second-order valence-corrected chi connectivity index (χ2v) is 8.78. The van der Waals surface area contributed by atoms with Crippen molar-refractivity contribution in [2.24, 2.45) is 5.92 Å². The predicted molar refractivity (Wildman–Crippen MR) is 141 cm³/mol. The molecule has 0 heterocycles. The Morgan fingerprint density at radius 1 is 0.743 bits per heavy atom. The lowest BCUT2D eigenvalue weighted by Crippen LogP contribution is -2.20. The smallest absolute Gasteiger partial charge is 0.309 e. The largest absolute Gasteiger partial charge is 0.493 e. The molecule has 0 fully saturated rings. The lowest BCUT2D eigenvalue weighted by Gasteiger charge is -2.17. The second-order valence-electron chi connectivity index (χ2n) is 8.78. The Hall–Kier alpha value is -3.27. The van der Waals surface area contributed by atoms with Crippen molar-refractivity contribution in [1.82, 2.24) is 0 Å². The summed E-state index contributed by atoms with van der Waals surface area (Å²) >= 11 is 0. The monoisotopic (exact) mass is 474 g/mol. The van der Waals surface area contributed by atoms with Gasteiger partial charge in [0.1, 0.15) is 11.5 Å². The number of hydrogen-bond donors (Lipinski definition) is 0. The molecule has 4 heteroatoms. The quantitative estimate of drug-likeness (QED) is 0.226. The molecule has 0 amide bonds. The van der Waals surface area contributed by atoms with E-state index in [-0.39, 0.29) is 11.9 Å². The summed E-state index contributed by atoms with van der Waals surface area (Å²) in [6.07, 6.45) is 5.14. The average molecular weight is 475 g/mol. The van der Waals surface area contributed by atoms with Crippen LogP contribution in [-0.2, 0) is 28.8 Å². The van der Waals surface area contributed by atoms with Gasteiger partial charge in [-0.25, -0.2) is 0 Å².